The van der Waals surface area contributed by atoms with Crippen LogP contribution in [-0.4, -0.2) is 16.2 Å². The summed E-state index contributed by atoms with van der Waals surface area (Å²) in [6, 6.07) is 12.4. The minimum Gasteiger partial charge on any atom is -0.423 e. The Bertz CT molecular complexity index is 747. The van der Waals surface area contributed by atoms with Gasteiger partial charge in [-0.2, -0.15) is 0 Å². The van der Waals surface area contributed by atoms with Crippen LogP contribution in [0.5, 0.6) is 5.75 Å². The molecule has 0 aliphatic rings. The Hall–Kier alpha value is -2.17. The Morgan fingerprint density at radius 1 is 0.962 bits per heavy atom. The molecule has 0 spiro atoms. The van der Waals surface area contributed by atoms with Gasteiger partial charge in [-0.3, -0.25) is 0 Å². The summed E-state index contributed by atoms with van der Waals surface area (Å²) in [5.41, 5.74) is 0.378. The van der Waals surface area contributed by atoms with Crippen LogP contribution in [0.3, 0.4) is 0 Å². The first-order valence-corrected chi connectivity index (χ1v) is 8.93. The molecule has 0 fully saturated rings. The molecule has 0 bridgehead atoms. The quantitative estimate of drug-likeness (QED) is 0.598. The highest BCUT2D eigenvalue weighted by Gasteiger charge is 2.24. The number of rotatable bonds is 6. The monoisotopic (exact) mass is 356 g/mol. The van der Waals surface area contributed by atoms with E-state index in [-0.39, 0.29) is 0 Å². The van der Waals surface area contributed by atoms with Crippen LogP contribution in [0.15, 0.2) is 42.5 Å². The molecule has 0 aliphatic carbocycles. The zero-order valence-corrected chi connectivity index (χ0v) is 16.2. The minimum absolute atomic E-state index is 0.304. The number of aryl methyl sites for hydroxylation is 1. The van der Waals surface area contributed by atoms with Crippen molar-refractivity contribution in [2.45, 2.75) is 58.7 Å². The topological polar surface area (TPSA) is 66.8 Å². The Balaban J connectivity index is 2.41. The third kappa shape index (κ3) is 4.93. The molecular weight excluding hydrogens is 328 g/mol. The second kappa shape index (κ2) is 7.60. The summed E-state index contributed by atoms with van der Waals surface area (Å²) < 4.78 is 5.60. The number of ether oxygens (including phenoxy) is 1. The van der Waals surface area contributed by atoms with Gasteiger partial charge in [-0.1, -0.05) is 31.5 Å². The Morgan fingerprint density at radius 2 is 1.50 bits per heavy atom. The minimum atomic E-state index is -1.12. The second-order valence-electron chi connectivity index (χ2n) is 7.66. The van der Waals surface area contributed by atoms with Crippen LogP contribution in [0.4, 0.5) is 0 Å². The Labute approximate surface area is 155 Å². The lowest BCUT2D eigenvalue weighted by molar-refractivity contribution is 0.0673. The molecule has 0 amide bonds. The molecule has 0 atom stereocenters. The summed E-state index contributed by atoms with van der Waals surface area (Å²) in [5.74, 6) is -0.137. The van der Waals surface area contributed by atoms with Crippen LogP contribution in [0.2, 0.25) is 0 Å². The van der Waals surface area contributed by atoms with E-state index in [1.54, 1.807) is 52.0 Å². The summed E-state index contributed by atoms with van der Waals surface area (Å²) in [6.45, 7) is 8.67. The van der Waals surface area contributed by atoms with Crippen molar-refractivity contribution in [1.29, 1.82) is 0 Å². The zero-order chi connectivity index (χ0) is 19.5. The standard InChI is InChI=1S/C22H28O4/c1-6-9-15-10-7-8-11-19(15)20(23)26-18-13-16(21(2,3)24)12-17(14-18)22(4,5)25/h7-8,10-14,24-25H,6,9H2,1-5H3. The van der Waals surface area contributed by atoms with Crippen LogP contribution in [0.1, 0.15) is 68.1 Å². The largest absolute Gasteiger partial charge is 0.423 e. The molecule has 2 N–H and O–H groups in total. The molecule has 0 aliphatic heterocycles. The fraction of sp³-hybridized carbons (Fsp3) is 0.409. The summed E-state index contributed by atoms with van der Waals surface area (Å²) >= 11 is 0. The van der Waals surface area contributed by atoms with Crippen molar-refractivity contribution in [1.82, 2.24) is 0 Å². The number of carbonyl (C=O) groups excluding carboxylic acids is 1. The molecular formula is C22H28O4. The molecule has 0 unspecified atom stereocenters. The fourth-order valence-corrected chi connectivity index (χ4v) is 2.73. The molecule has 0 aromatic heterocycles. The predicted octanol–water partition coefficient (Wildman–Crippen LogP) is 4.31. The Kier molecular flexibility index (Phi) is 5.89. The molecule has 4 heteroatoms. The molecule has 140 valence electrons. The number of hydrogen-bond donors (Lipinski definition) is 2. The maximum atomic E-state index is 12.7. The number of benzene rings is 2. The highest BCUT2D eigenvalue weighted by atomic mass is 16.5. The molecule has 2 aromatic carbocycles. The lowest BCUT2D eigenvalue weighted by Gasteiger charge is -2.24. The highest BCUT2D eigenvalue weighted by Crippen LogP contribution is 2.31. The van der Waals surface area contributed by atoms with E-state index in [4.69, 9.17) is 4.74 Å². The first-order chi connectivity index (χ1) is 12.0. The lowest BCUT2D eigenvalue weighted by Crippen LogP contribution is -2.21. The maximum Gasteiger partial charge on any atom is 0.343 e. The van der Waals surface area contributed by atoms with Crippen molar-refractivity contribution in [3.05, 3.63) is 64.7 Å². The third-order valence-corrected chi connectivity index (χ3v) is 4.29. The molecule has 0 saturated heterocycles. The average Bonchev–Trinajstić information content (AvgIpc) is 2.53. The van der Waals surface area contributed by atoms with Gasteiger partial charge in [0, 0.05) is 0 Å². The normalized spacial score (nSPS) is 12.1. The zero-order valence-electron chi connectivity index (χ0n) is 16.2. The summed E-state index contributed by atoms with van der Waals surface area (Å²) in [4.78, 5) is 12.7. The van der Waals surface area contributed by atoms with E-state index in [1.807, 2.05) is 18.2 Å². The van der Waals surface area contributed by atoms with E-state index in [0.717, 1.165) is 18.4 Å². The van der Waals surface area contributed by atoms with Gasteiger partial charge in [-0.15, -0.1) is 0 Å². The van der Waals surface area contributed by atoms with Gasteiger partial charge in [0.15, 0.2) is 0 Å². The van der Waals surface area contributed by atoms with Crippen molar-refractivity contribution in [3.63, 3.8) is 0 Å². The fourth-order valence-electron chi connectivity index (χ4n) is 2.73. The molecule has 26 heavy (non-hydrogen) atoms. The lowest BCUT2D eigenvalue weighted by atomic mass is 9.90. The maximum absolute atomic E-state index is 12.7. The number of carbonyl (C=O) groups is 1. The van der Waals surface area contributed by atoms with E-state index < -0.39 is 17.2 Å². The summed E-state index contributed by atoms with van der Waals surface area (Å²) in [7, 11) is 0. The molecule has 0 radical (unpaired) electrons. The molecule has 0 saturated carbocycles. The van der Waals surface area contributed by atoms with Crippen LogP contribution in [0.25, 0.3) is 0 Å². The van der Waals surface area contributed by atoms with Crippen LogP contribution >= 0.6 is 0 Å². The van der Waals surface area contributed by atoms with E-state index in [2.05, 4.69) is 6.92 Å². The molecule has 2 aromatic rings. The summed E-state index contributed by atoms with van der Waals surface area (Å²) in [6.07, 6.45) is 1.73. The van der Waals surface area contributed by atoms with E-state index in [0.29, 0.717) is 22.4 Å². The van der Waals surface area contributed by atoms with Gasteiger partial charge in [0.05, 0.1) is 16.8 Å². The molecule has 0 heterocycles. The van der Waals surface area contributed by atoms with Gasteiger partial charge in [0.2, 0.25) is 0 Å². The highest BCUT2D eigenvalue weighted by molar-refractivity contribution is 5.92. The number of aliphatic hydroxyl groups is 2. The van der Waals surface area contributed by atoms with Crippen molar-refractivity contribution in [2.24, 2.45) is 0 Å². The predicted molar refractivity (Wildman–Crippen MR) is 102 cm³/mol. The van der Waals surface area contributed by atoms with Crippen LogP contribution < -0.4 is 4.74 Å². The van der Waals surface area contributed by atoms with Crippen LogP contribution in [0, 0.1) is 0 Å². The van der Waals surface area contributed by atoms with Crippen molar-refractivity contribution >= 4 is 5.97 Å². The van der Waals surface area contributed by atoms with Crippen molar-refractivity contribution in [2.75, 3.05) is 0 Å². The van der Waals surface area contributed by atoms with Gasteiger partial charge in [-0.05, 0) is 75.1 Å². The van der Waals surface area contributed by atoms with Gasteiger partial charge in [-0.25, -0.2) is 4.79 Å². The Morgan fingerprint density at radius 3 is 2.00 bits per heavy atom. The molecule has 4 nitrogen and oxygen atoms in total. The third-order valence-electron chi connectivity index (χ3n) is 4.29. The smallest absolute Gasteiger partial charge is 0.343 e. The molecule has 2 rings (SSSR count). The van der Waals surface area contributed by atoms with E-state index in [1.165, 1.54) is 0 Å². The number of hydrogen-bond acceptors (Lipinski definition) is 4. The van der Waals surface area contributed by atoms with Gasteiger partial charge in [0.25, 0.3) is 0 Å². The van der Waals surface area contributed by atoms with Crippen molar-refractivity contribution < 1.29 is 19.7 Å². The van der Waals surface area contributed by atoms with Gasteiger partial charge < -0.3 is 14.9 Å². The van der Waals surface area contributed by atoms with E-state index in [9.17, 15) is 15.0 Å². The van der Waals surface area contributed by atoms with Gasteiger partial charge >= 0.3 is 5.97 Å². The van der Waals surface area contributed by atoms with Crippen LogP contribution in [-0.2, 0) is 17.6 Å². The van der Waals surface area contributed by atoms with E-state index >= 15 is 0 Å². The van der Waals surface area contributed by atoms with Crippen molar-refractivity contribution in [3.8, 4) is 5.75 Å². The van der Waals surface area contributed by atoms with Gasteiger partial charge in [0.1, 0.15) is 5.75 Å². The number of esters is 1. The second-order valence-corrected chi connectivity index (χ2v) is 7.66. The first-order valence-electron chi connectivity index (χ1n) is 8.93. The first kappa shape index (κ1) is 20.1. The average molecular weight is 356 g/mol. The summed E-state index contributed by atoms with van der Waals surface area (Å²) in [5, 5.41) is 20.7. The SMILES string of the molecule is CCCc1ccccc1C(=O)Oc1cc(C(C)(C)O)cc(C(C)(C)O)c1.